The van der Waals surface area contributed by atoms with Crippen LogP contribution in [0.1, 0.15) is 128 Å². The van der Waals surface area contributed by atoms with E-state index in [1.165, 1.54) is 6.92 Å². The molecule has 2 aromatic carbocycles. The molecule has 13 N–H and O–H groups in total. The summed E-state index contributed by atoms with van der Waals surface area (Å²) in [6, 6.07) is 7.50. The van der Waals surface area contributed by atoms with Gasteiger partial charge in [-0.05, 0) is 106 Å². The fourth-order valence-electron chi connectivity index (χ4n) is 12.4. The summed E-state index contributed by atoms with van der Waals surface area (Å²) in [6.07, 6.45) is -3.36. The molecule has 5 amide bonds. The Labute approximate surface area is 583 Å². The highest BCUT2D eigenvalue weighted by Gasteiger charge is 2.35. The van der Waals surface area contributed by atoms with Crippen LogP contribution in [0.3, 0.4) is 0 Å². The zero-order valence-electron chi connectivity index (χ0n) is 56.9. The second-order valence-corrected chi connectivity index (χ2v) is 26.1. The maximum Gasteiger partial charge on any atom is 0.326 e. The highest BCUT2D eigenvalue weighted by molar-refractivity contribution is 5.95. The number of urea groups is 1. The van der Waals surface area contributed by atoms with Crippen LogP contribution in [0.2, 0.25) is 0 Å². The maximum atomic E-state index is 14.2. The summed E-state index contributed by atoms with van der Waals surface area (Å²) in [5.74, 6) is -18.6. The Hall–Kier alpha value is -9.34. The van der Waals surface area contributed by atoms with E-state index in [4.69, 9.17) is 5.11 Å². The second kappa shape index (κ2) is 44.0. The van der Waals surface area contributed by atoms with Crippen LogP contribution in [-0.4, -0.2) is 265 Å². The molecule has 1 aliphatic heterocycles. The van der Waals surface area contributed by atoms with Crippen molar-refractivity contribution in [2.45, 2.75) is 147 Å². The smallest absolute Gasteiger partial charge is 0.326 e. The number of amides is 5. The molecule has 0 aromatic heterocycles. The fourth-order valence-corrected chi connectivity index (χ4v) is 12.4. The van der Waals surface area contributed by atoms with Gasteiger partial charge in [0.05, 0.1) is 32.2 Å². The minimum Gasteiger partial charge on any atom is -0.481 e. The summed E-state index contributed by atoms with van der Waals surface area (Å²) in [6.45, 7) is 1.83. The number of carboxylic acids is 8. The molecule has 33 heteroatoms. The molecule has 2 aromatic rings. The zero-order valence-corrected chi connectivity index (χ0v) is 56.9. The van der Waals surface area contributed by atoms with E-state index in [1.807, 2.05) is 42.5 Å². The van der Waals surface area contributed by atoms with Crippen LogP contribution < -0.4 is 26.6 Å². The Bertz CT molecular complexity index is 3200. The van der Waals surface area contributed by atoms with E-state index in [9.17, 15) is 112 Å². The molecule has 0 radical (unpaired) electrons. The zero-order chi connectivity index (χ0) is 74.7. The number of fused-ring (bicyclic) bond motifs is 1. The Morgan fingerprint density at radius 1 is 0.446 bits per heavy atom. The molecule has 558 valence electrons. The fraction of sp³-hybridized carbons (Fsp3) is 0.618. The predicted molar refractivity (Wildman–Crippen MR) is 358 cm³/mol. The molecule has 1 heterocycles. The van der Waals surface area contributed by atoms with Crippen molar-refractivity contribution in [1.82, 2.24) is 46.2 Å². The normalized spacial score (nSPS) is 17.7. The first-order valence-corrected chi connectivity index (χ1v) is 34.0. The minimum absolute atomic E-state index is 0.0530. The molecule has 0 spiro atoms. The quantitative estimate of drug-likeness (QED) is 0.0417. The van der Waals surface area contributed by atoms with Gasteiger partial charge in [0, 0.05) is 134 Å². The number of unbranched alkanes of at least 4 members (excludes halogenated alkanes) is 1. The first-order chi connectivity index (χ1) is 47.8. The third-order valence-electron chi connectivity index (χ3n) is 18.0. The van der Waals surface area contributed by atoms with Crippen LogP contribution in [0.5, 0.6) is 0 Å². The number of rotatable bonds is 45. The highest BCUT2D eigenvalue weighted by atomic mass is 16.4. The van der Waals surface area contributed by atoms with Crippen LogP contribution in [-0.2, 0) is 78.3 Å². The average molecular weight is 1420 g/mol. The van der Waals surface area contributed by atoms with E-state index >= 15 is 0 Å². The number of carboxylic acid groups (broad SMARTS) is 8. The summed E-state index contributed by atoms with van der Waals surface area (Å²) in [5, 5.41) is 90.7. The molecule has 2 aliphatic rings. The van der Waals surface area contributed by atoms with Gasteiger partial charge in [-0.3, -0.25) is 81.9 Å². The van der Waals surface area contributed by atoms with Crippen molar-refractivity contribution in [3.63, 3.8) is 0 Å². The number of ketones is 4. The van der Waals surface area contributed by atoms with Crippen molar-refractivity contribution in [2.24, 2.45) is 29.6 Å². The van der Waals surface area contributed by atoms with E-state index in [2.05, 4.69) is 26.6 Å². The van der Waals surface area contributed by atoms with Gasteiger partial charge in [0.15, 0.2) is 5.78 Å². The summed E-state index contributed by atoms with van der Waals surface area (Å²) in [7, 11) is 0. The van der Waals surface area contributed by atoms with Gasteiger partial charge >= 0.3 is 53.8 Å². The van der Waals surface area contributed by atoms with Gasteiger partial charge < -0.3 is 67.4 Å². The molecule has 33 nitrogen and oxygen atoms in total. The summed E-state index contributed by atoms with van der Waals surface area (Å²) in [5.41, 5.74) is 0.786. The lowest BCUT2D eigenvalue weighted by atomic mass is 9.77. The van der Waals surface area contributed by atoms with E-state index in [1.54, 1.807) is 19.6 Å². The Balaban J connectivity index is 1.40. The standard InChI is InChI=1S/C68H97N9O24/c1-42(78)38-74-24-28-76(40-61(90)91)30-26-75(27-31-77(29-25-74)41-62(92)93)39-51(79)34-48(15-19-57(82)83)65(96)71-52(17-21-59(86)87)56(81)35-49(16-20-58(84)85)63(94)70-37-43-9-13-46(14-10-43)55(80)36-50(33-44-11-12-45-6-2-3-7-47(45)32-44)64(95)69-23-5-4-8-53(66(97)98)72-68(101)73-54(67(99)100)18-22-60(88)89/h2-3,6-7,11-12,32,43,46,48-50,52-54H,4-5,8-10,13-31,33-41H2,1H3,(H,69,95)(H,70,94)(H,71,96)(H,82,83)(H,84,85)(H,86,87)(H,88,89)(H,90,91)(H,92,93)(H,97,98)(H,99,100)(H2,72,73,101). The third-order valence-corrected chi connectivity index (χ3v) is 18.0. The number of nitrogens with zero attached hydrogens (tertiary/aromatic N) is 4. The topological polar surface area (TPSA) is 508 Å². The molecular formula is C68H97N9O24. The lowest BCUT2D eigenvalue weighted by Gasteiger charge is -2.33. The molecule has 101 heavy (non-hydrogen) atoms. The van der Waals surface area contributed by atoms with Crippen molar-refractivity contribution in [2.75, 3.05) is 91.6 Å². The van der Waals surface area contributed by atoms with Gasteiger partial charge in [0.1, 0.15) is 29.4 Å². The maximum absolute atomic E-state index is 14.2. The summed E-state index contributed by atoms with van der Waals surface area (Å²) in [4.78, 5) is 209. The number of carbonyl (C=O) groups excluding carboxylic acids is 8. The highest BCUT2D eigenvalue weighted by Crippen LogP contribution is 2.32. The lowest BCUT2D eigenvalue weighted by Crippen LogP contribution is -2.51. The molecule has 4 rings (SSSR count). The van der Waals surface area contributed by atoms with Crippen molar-refractivity contribution in [1.29, 1.82) is 0 Å². The van der Waals surface area contributed by atoms with Crippen LogP contribution >= 0.6 is 0 Å². The number of carbonyl (C=O) groups is 16. The van der Waals surface area contributed by atoms with Crippen LogP contribution in [0.25, 0.3) is 10.8 Å². The molecule has 6 unspecified atom stereocenters. The summed E-state index contributed by atoms with van der Waals surface area (Å²) >= 11 is 0. The second-order valence-electron chi connectivity index (χ2n) is 26.1. The van der Waals surface area contributed by atoms with E-state index in [0.29, 0.717) is 25.7 Å². The molecule has 0 bridgehead atoms. The van der Waals surface area contributed by atoms with Gasteiger partial charge in [-0.1, -0.05) is 42.5 Å². The summed E-state index contributed by atoms with van der Waals surface area (Å²) < 4.78 is 0. The lowest BCUT2D eigenvalue weighted by molar-refractivity contribution is -0.141. The van der Waals surface area contributed by atoms with Crippen molar-refractivity contribution in [3.05, 3.63) is 48.0 Å². The van der Waals surface area contributed by atoms with Crippen LogP contribution in [0, 0.1) is 29.6 Å². The molecule has 2 fully saturated rings. The van der Waals surface area contributed by atoms with Gasteiger partial charge in [0.2, 0.25) is 17.7 Å². The molecule has 6 atom stereocenters. The Morgan fingerprint density at radius 3 is 1.42 bits per heavy atom. The van der Waals surface area contributed by atoms with Crippen molar-refractivity contribution in [3.8, 4) is 0 Å². The number of Topliss-reactive ketones (excluding diaryl/α,β-unsaturated/α-hetero) is 4. The first-order valence-electron chi connectivity index (χ1n) is 34.0. The predicted octanol–water partition coefficient (Wildman–Crippen LogP) is 1.45. The molecule has 1 aliphatic carbocycles. The largest absolute Gasteiger partial charge is 0.481 e. The molecule has 1 saturated heterocycles. The molecular weight excluding hydrogens is 1330 g/mol. The number of hydrogen-bond donors (Lipinski definition) is 13. The van der Waals surface area contributed by atoms with Gasteiger partial charge in [-0.15, -0.1) is 0 Å². The SMILES string of the molecule is CC(=O)CN1CCN(CC(=O)O)CCN(CC(=O)CC(CCC(=O)O)C(=O)NC(CCC(=O)O)C(=O)CC(CCC(=O)O)C(=O)NCC2CCC(C(=O)CC(Cc3ccc4ccccc4c3)C(=O)NCCCCC(NC(=O)NC(CCC(=O)O)C(=O)O)C(=O)O)CC2)CCN(CC(=O)O)CC1. The van der Waals surface area contributed by atoms with Gasteiger partial charge in [-0.25, -0.2) is 14.4 Å². The molecule has 1 saturated carbocycles. The van der Waals surface area contributed by atoms with Crippen LogP contribution in [0.15, 0.2) is 42.5 Å². The van der Waals surface area contributed by atoms with Gasteiger partial charge in [0.25, 0.3) is 0 Å². The number of hydrogen-bond acceptors (Lipinski definition) is 20. The van der Waals surface area contributed by atoms with E-state index in [0.717, 1.165) is 16.3 Å². The van der Waals surface area contributed by atoms with Crippen molar-refractivity contribution >= 4 is 105 Å². The number of benzene rings is 2. The average Bonchev–Trinajstić information content (AvgIpc) is 0.840. The van der Waals surface area contributed by atoms with E-state index in [-0.39, 0.29) is 148 Å². The van der Waals surface area contributed by atoms with Crippen molar-refractivity contribution < 1.29 is 118 Å². The monoisotopic (exact) mass is 1420 g/mol. The van der Waals surface area contributed by atoms with E-state index < -0.39 is 183 Å². The number of aliphatic carboxylic acids is 8. The number of nitrogens with one attached hydrogen (secondary N) is 5. The Morgan fingerprint density at radius 2 is 0.911 bits per heavy atom. The third kappa shape index (κ3) is 33.6. The van der Waals surface area contributed by atoms with Crippen LogP contribution in [0.4, 0.5) is 4.79 Å². The Kier molecular flexibility index (Phi) is 36.7. The van der Waals surface area contributed by atoms with Gasteiger partial charge in [-0.2, -0.15) is 0 Å². The first kappa shape index (κ1) is 84.1. The minimum atomic E-state index is -1.60.